The van der Waals surface area contributed by atoms with Crippen molar-refractivity contribution < 1.29 is 14.3 Å². The summed E-state index contributed by atoms with van der Waals surface area (Å²) >= 11 is 7.49. The van der Waals surface area contributed by atoms with Crippen LogP contribution in [0.1, 0.15) is 15.9 Å². The van der Waals surface area contributed by atoms with Crippen LogP contribution in [0.5, 0.6) is 5.75 Å². The molecule has 0 aliphatic rings. The van der Waals surface area contributed by atoms with Crippen LogP contribution in [0.4, 0.5) is 10.8 Å². The third-order valence-electron chi connectivity index (χ3n) is 4.02. The van der Waals surface area contributed by atoms with Gasteiger partial charge in [-0.3, -0.25) is 10.1 Å². The number of hydrogen-bond acceptors (Lipinski definition) is 6. The number of thiazole rings is 1. The summed E-state index contributed by atoms with van der Waals surface area (Å²) in [4.78, 5) is 21.3. The number of phenolic OH excluding ortho intramolecular Hbond substituents is 1. The number of anilines is 1. The van der Waals surface area contributed by atoms with E-state index >= 15 is 0 Å². The number of aromatic nitrogens is 1. The van der Waals surface area contributed by atoms with Gasteiger partial charge in [0.15, 0.2) is 5.13 Å². The molecule has 2 heterocycles. The van der Waals surface area contributed by atoms with Gasteiger partial charge in [-0.15, -0.1) is 11.3 Å². The first-order valence-corrected chi connectivity index (χ1v) is 9.54. The Morgan fingerprint density at radius 2 is 2.11 bits per heavy atom. The molecule has 2 aromatic carbocycles. The Balaban J connectivity index is 1.89. The zero-order chi connectivity index (χ0) is 19.7. The molecule has 0 fully saturated rings. The fourth-order valence-corrected chi connectivity index (χ4v) is 3.27. The average Bonchev–Trinajstić information content (AvgIpc) is 3.17. The SMILES string of the molecule is Cc1ccc(N=c2oc3cc(O)ccc3cc2C(=O)Nc2nccs2)cc1Cl. The third kappa shape index (κ3) is 3.76. The van der Waals surface area contributed by atoms with Crippen LogP contribution < -0.4 is 10.9 Å². The zero-order valence-electron chi connectivity index (χ0n) is 14.6. The van der Waals surface area contributed by atoms with E-state index in [1.165, 1.54) is 23.5 Å². The number of amides is 1. The molecule has 6 nitrogen and oxygen atoms in total. The van der Waals surface area contributed by atoms with Crippen LogP contribution in [0, 0.1) is 6.92 Å². The van der Waals surface area contributed by atoms with Gasteiger partial charge in [-0.25, -0.2) is 9.98 Å². The number of aryl methyl sites for hydroxylation is 1. The molecule has 2 N–H and O–H groups in total. The van der Waals surface area contributed by atoms with Crippen molar-refractivity contribution in [3.8, 4) is 5.75 Å². The number of carbonyl (C=O) groups is 1. The van der Waals surface area contributed by atoms with Crippen molar-refractivity contribution in [1.82, 2.24) is 4.98 Å². The molecule has 0 unspecified atom stereocenters. The number of nitrogens with zero attached hydrogens (tertiary/aromatic N) is 2. The molecule has 28 heavy (non-hydrogen) atoms. The fraction of sp³-hybridized carbons (Fsp3) is 0.0500. The van der Waals surface area contributed by atoms with Crippen LogP contribution in [0.15, 0.2) is 63.5 Å². The van der Waals surface area contributed by atoms with E-state index in [-0.39, 0.29) is 16.9 Å². The van der Waals surface area contributed by atoms with E-state index in [0.29, 0.717) is 26.8 Å². The van der Waals surface area contributed by atoms with E-state index in [2.05, 4.69) is 15.3 Å². The van der Waals surface area contributed by atoms with Gasteiger partial charge in [-0.2, -0.15) is 0 Å². The van der Waals surface area contributed by atoms with Crippen molar-refractivity contribution in [2.45, 2.75) is 6.92 Å². The molecule has 0 aliphatic heterocycles. The van der Waals surface area contributed by atoms with Gasteiger partial charge >= 0.3 is 0 Å². The number of hydrogen-bond donors (Lipinski definition) is 2. The van der Waals surface area contributed by atoms with Crippen LogP contribution in [-0.2, 0) is 0 Å². The Morgan fingerprint density at radius 1 is 1.25 bits per heavy atom. The van der Waals surface area contributed by atoms with E-state index in [9.17, 15) is 9.90 Å². The maximum Gasteiger partial charge on any atom is 0.262 e. The molecule has 4 aromatic rings. The highest BCUT2D eigenvalue weighted by molar-refractivity contribution is 7.13. The van der Waals surface area contributed by atoms with Gasteiger partial charge in [-0.1, -0.05) is 17.7 Å². The van der Waals surface area contributed by atoms with Crippen molar-refractivity contribution in [3.05, 3.63) is 75.7 Å². The van der Waals surface area contributed by atoms with Crippen LogP contribution in [0.2, 0.25) is 5.02 Å². The predicted molar refractivity (Wildman–Crippen MR) is 109 cm³/mol. The number of carbonyl (C=O) groups excluding carboxylic acids is 1. The topological polar surface area (TPSA) is 87.7 Å². The summed E-state index contributed by atoms with van der Waals surface area (Å²) in [5.41, 5.74) is 2.21. The number of benzene rings is 2. The average molecular weight is 412 g/mol. The lowest BCUT2D eigenvalue weighted by Gasteiger charge is -2.06. The van der Waals surface area contributed by atoms with Gasteiger partial charge in [-0.05, 0) is 42.8 Å². The van der Waals surface area contributed by atoms with E-state index in [1.54, 1.807) is 35.8 Å². The van der Waals surface area contributed by atoms with Crippen LogP contribution in [-0.4, -0.2) is 16.0 Å². The summed E-state index contributed by atoms with van der Waals surface area (Å²) < 4.78 is 5.84. The van der Waals surface area contributed by atoms with E-state index in [0.717, 1.165) is 5.56 Å². The highest BCUT2D eigenvalue weighted by Crippen LogP contribution is 2.23. The van der Waals surface area contributed by atoms with Crippen molar-refractivity contribution in [2.24, 2.45) is 4.99 Å². The fourth-order valence-electron chi connectivity index (χ4n) is 2.57. The molecule has 8 heteroatoms. The van der Waals surface area contributed by atoms with Gasteiger partial charge in [0.2, 0.25) is 5.55 Å². The van der Waals surface area contributed by atoms with Crippen molar-refractivity contribution in [2.75, 3.05) is 5.32 Å². The summed E-state index contributed by atoms with van der Waals surface area (Å²) in [6, 6.07) is 11.6. The first-order valence-electron chi connectivity index (χ1n) is 8.28. The second-order valence-electron chi connectivity index (χ2n) is 6.02. The Bertz CT molecular complexity index is 1250. The molecule has 0 atom stereocenters. The number of fused-ring (bicyclic) bond motifs is 1. The molecule has 140 valence electrons. The highest BCUT2D eigenvalue weighted by Gasteiger charge is 2.14. The smallest absolute Gasteiger partial charge is 0.262 e. The summed E-state index contributed by atoms with van der Waals surface area (Å²) in [5.74, 6) is -0.341. The normalized spacial score (nSPS) is 11.7. The minimum Gasteiger partial charge on any atom is -0.508 e. The lowest BCUT2D eigenvalue weighted by molar-refractivity contribution is 0.102. The largest absolute Gasteiger partial charge is 0.508 e. The molecular weight excluding hydrogens is 398 g/mol. The lowest BCUT2D eigenvalue weighted by Crippen LogP contribution is -2.21. The van der Waals surface area contributed by atoms with Crippen LogP contribution >= 0.6 is 22.9 Å². The number of rotatable bonds is 3. The maximum absolute atomic E-state index is 12.8. The molecule has 4 rings (SSSR count). The van der Waals surface area contributed by atoms with Gasteiger partial charge in [0.1, 0.15) is 16.9 Å². The van der Waals surface area contributed by atoms with E-state index in [1.807, 2.05) is 13.0 Å². The quantitative estimate of drug-likeness (QED) is 0.494. The van der Waals surface area contributed by atoms with Crippen molar-refractivity contribution in [1.29, 1.82) is 0 Å². The van der Waals surface area contributed by atoms with Crippen molar-refractivity contribution in [3.63, 3.8) is 0 Å². The predicted octanol–water partition coefficient (Wildman–Crippen LogP) is 5.04. The molecule has 0 saturated carbocycles. The number of phenols is 1. The Kier molecular flexibility index (Phi) is 4.85. The third-order valence-corrected chi connectivity index (χ3v) is 5.11. The second kappa shape index (κ2) is 7.46. The summed E-state index contributed by atoms with van der Waals surface area (Å²) in [7, 11) is 0. The molecule has 0 aliphatic carbocycles. The standard InChI is InChI=1S/C20H14ClN3O3S/c1-11-2-4-13(9-16(11)21)23-19-15(18(26)24-20-22-6-7-28-20)8-12-3-5-14(25)10-17(12)27-19/h2-10,25H,1H3,(H,22,24,26). The van der Waals surface area contributed by atoms with Gasteiger partial charge < -0.3 is 9.52 Å². The zero-order valence-corrected chi connectivity index (χ0v) is 16.2. The molecule has 0 saturated heterocycles. The Morgan fingerprint density at radius 3 is 2.86 bits per heavy atom. The molecule has 0 radical (unpaired) electrons. The number of halogens is 1. The number of aromatic hydroxyl groups is 1. The van der Waals surface area contributed by atoms with E-state index < -0.39 is 5.91 Å². The minimum absolute atomic E-state index is 0.0561. The van der Waals surface area contributed by atoms with Gasteiger partial charge in [0.05, 0.1) is 5.69 Å². The summed E-state index contributed by atoms with van der Waals surface area (Å²) in [6.45, 7) is 1.89. The van der Waals surface area contributed by atoms with Gasteiger partial charge in [0.25, 0.3) is 5.91 Å². The van der Waals surface area contributed by atoms with Gasteiger partial charge in [0, 0.05) is 28.1 Å². The summed E-state index contributed by atoms with van der Waals surface area (Å²) in [6.07, 6.45) is 1.60. The first-order chi connectivity index (χ1) is 13.5. The highest BCUT2D eigenvalue weighted by atomic mass is 35.5. The first kappa shape index (κ1) is 18.2. The monoisotopic (exact) mass is 411 g/mol. The molecule has 1 amide bonds. The lowest BCUT2D eigenvalue weighted by atomic mass is 10.1. The van der Waals surface area contributed by atoms with Crippen LogP contribution in [0.25, 0.3) is 11.0 Å². The molecule has 0 bridgehead atoms. The summed E-state index contributed by atoms with van der Waals surface area (Å²) in [5, 5.41) is 15.9. The minimum atomic E-state index is -0.398. The second-order valence-corrected chi connectivity index (χ2v) is 7.33. The maximum atomic E-state index is 12.8. The van der Waals surface area contributed by atoms with Crippen LogP contribution in [0.3, 0.4) is 0 Å². The van der Waals surface area contributed by atoms with Crippen molar-refractivity contribution >= 4 is 50.6 Å². The molecular formula is C20H14ClN3O3S. The number of nitrogens with one attached hydrogen (secondary N) is 1. The van der Waals surface area contributed by atoms with E-state index in [4.69, 9.17) is 16.0 Å². The Hall–Kier alpha value is -3.16. The molecule has 0 spiro atoms. The molecule has 2 aromatic heterocycles. The Labute approximate surface area is 168 Å².